The highest BCUT2D eigenvalue weighted by Gasteiger charge is 2.11. The van der Waals surface area contributed by atoms with Crippen molar-refractivity contribution >= 4 is 22.6 Å². The third-order valence-electron chi connectivity index (χ3n) is 1.47. The van der Waals surface area contributed by atoms with Gasteiger partial charge in [-0.15, -0.1) is 0 Å². The molecule has 0 saturated carbocycles. The highest BCUT2D eigenvalue weighted by molar-refractivity contribution is 7.84. The maximum atomic E-state index is 11.0. The van der Waals surface area contributed by atoms with Gasteiger partial charge >= 0.3 is 11.8 Å². The molecule has 0 fully saturated rings. The second kappa shape index (κ2) is 7.94. The van der Waals surface area contributed by atoms with Crippen LogP contribution in [-0.2, 0) is 20.4 Å². The third-order valence-corrected chi connectivity index (χ3v) is 2.77. The van der Waals surface area contributed by atoms with E-state index in [-0.39, 0.29) is 13.1 Å². The van der Waals surface area contributed by atoms with E-state index in [1.807, 2.05) is 0 Å². The maximum Gasteiger partial charge on any atom is 0.310 e. The number of hydrogen-bond acceptors (Lipinski definition) is 4. The summed E-state index contributed by atoms with van der Waals surface area (Å²) >= 11 is 0. The van der Waals surface area contributed by atoms with Gasteiger partial charge in [-0.2, -0.15) is 5.26 Å². The Hall–Kier alpha value is -1.42. The molecule has 1 unspecified atom stereocenters. The molecule has 0 bridgehead atoms. The molecule has 84 valence electrons. The third kappa shape index (κ3) is 6.62. The van der Waals surface area contributed by atoms with E-state index < -0.39 is 22.6 Å². The lowest BCUT2D eigenvalue weighted by Gasteiger charge is -2.03. The second-order valence-corrected chi connectivity index (χ2v) is 4.39. The Bertz CT molecular complexity index is 298. The van der Waals surface area contributed by atoms with E-state index in [1.165, 1.54) is 0 Å². The van der Waals surface area contributed by atoms with Crippen LogP contribution in [0.4, 0.5) is 0 Å². The van der Waals surface area contributed by atoms with Crippen LogP contribution in [-0.4, -0.2) is 40.6 Å². The first-order valence-corrected chi connectivity index (χ1v) is 5.88. The zero-order valence-electron chi connectivity index (χ0n) is 8.41. The van der Waals surface area contributed by atoms with Crippen LogP contribution in [0.5, 0.6) is 0 Å². The number of hydrogen-bond donors (Lipinski definition) is 2. The first kappa shape index (κ1) is 13.6. The molecular formula is C8H13N3O3S. The number of nitrogens with one attached hydrogen (secondary N) is 2. The predicted molar refractivity (Wildman–Crippen MR) is 55.2 cm³/mol. The van der Waals surface area contributed by atoms with Crippen molar-refractivity contribution in [2.24, 2.45) is 0 Å². The average Bonchev–Trinajstić information content (AvgIpc) is 2.25. The van der Waals surface area contributed by atoms with Gasteiger partial charge in [0.15, 0.2) is 0 Å². The fraction of sp³-hybridized carbons (Fsp3) is 0.625. The van der Waals surface area contributed by atoms with Crippen molar-refractivity contribution in [2.45, 2.75) is 6.92 Å². The van der Waals surface area contributed by atoms with Crippen molar-refractivity contribution in [3.05, 3.63) is 0 Å². The lowest BCUT2D eigenvalue weighted by Crippen LogP contribution is -2.41. The molecule has 6 nitrogen and oxygen atoms in total. The van der Waals surface area contributed by atoms with Crippen LogP contribution in [0.2, 0.25) is 0 Å². The summed E-state index contributed by atoms with van der Waals surface area (Å²) in [6, 6.07) is 1.68. The molecule has 0 rings (SSSR count). The van der Waals surface area contributed by atoms with Crippen molar-refractivity contribution in [2.75, 3.05) is 24.6 Å². The van der Waals surface area contributed by atoms with Crippen molar-refractivity contribution in [1.82, 2.24) is 10.6 Å². The van der Waals surface area contributed by atoms with Crippen molar-refractivity contribution < 1.29 is 13.8 Å². The smallest absolute Gasteiger partial charge is 0.310 e. The number of nitriles is 1. The molecule has 7 heteroatoms. The number of rotatable bonds is 5. The molecule has 15 heavy (non-hydrogen) atoms. The fourth-order valence-corrected chi connectivity index (χ4v) is 1.32. The Labute approximate surface area is 90.5 Å². The minimum atomic E-state index is -0.961. The second-order valence-electron chi connectivity index (χ2n) is 2.53. The summed E-state index contributed by atoms with van der Waals surface area (Å²) in [5.74, 6) is -0.804. The van der Waals surface area contributed by atoms with Gasteiger partial charge in [-0.05, 0) is 0 Å². The Kier molecular flexibility index (Phi) is 7.18. The SMILES string of the molecule is CCS(=O)CCNC(=O)C(=O)NCC#N. The van der Waals surface area contributed by atoms with Gasteiger partial charge in [-0.25, -0.2) is 0 Å². The zero-order valence-corrected chi connectivity index (χ0v) is 9.23. The first-order chi connectivity index (χ1) is 7.11. The number of amides is 2. The van der Waals surface area contributed by atoms with Crippen molar-refractivity contribution in [3.8, 4) is 6.07 Å². The summed E-state index contributed by atoms with van der Waals surface area (Å²) in [5.41, 5.74) is 0. The standard InChI is InChI=1S/C8H13N3O3S/c1-2-15(14)6-5-11-8(13)7(12)10-4-3-9/h2,4-6H2,1H3,(H,10,12)(H,11,13). The van der Waals surface area contributed by atoms with Crippen molar-refractivity contribution in [1.29, 1.82) is 5.26 Å². The summed E-state index contributed by atoms with van der Waals surface area (Å²) in [6.45, 7) is 1.77. The van der Waals surface area contributed by atoms with Gasteiger partial charge in [-0.3, -0.25) is 13.8 Å². The van der Waals surface area contributed by atoms with Gasteiger partial charge in [0.2, 0.25) is 0 Å². The van der Waals surface area contributed by atoms with Gasteiger partial charge in [0.05, 0.1) is 6.07 Å². The molecule has 2 amide bonds. The number of carbonyl (C=O) groups excluding carboxylic acids is 2. The topological polar surface area (TPSA) is 99.1 Å². The van der Waals surface area contributed by atoms with E-state index >= 15 is 0 Å². The molecule has 0 spiro atoms. The van der Waals surface area contributed by atoms with Crippen LogP contribution in [0.15, 0.2) is 0 Å². The summed E-state index contributed by atoms with van der Waals surface area (Å²) in [6.07, 6.45) is 0. The molecule has 0 heterocycles. The zero-order chi connectivity index (χ0) is 11.7. The van der Waals surface area contributed by atoms with E-state index in [0.29, 0.717) is 11.5 Å². The summed E-state index contributed by atoms with van der Waals surface area (Å²) in [4.78, 5) is 21.9. The summed E-state index contributed by atoms with van der Waals surface area (Å²) in [7, 11) is -0.961. The quantitative estimate of drug-likeness (QED) is 0.445. The molecule has 0 radical (unpaired) electrons. The Morgan fingerprint density at radius 3 is 2.47 bits per heavy atom. The lowest BCUT2D eigenvalue weighted by molar-refractivity contribution is -0.138. The van der Waals surface area contributed by atoms with Crippen LogP contribution in [0.3, 0.4) is 0 Å². The molecule has 0 aromatic carbocycles. The maximum absolute atomic E-state index is 11.0. The van der Waals surface area contributed by atoms with Crippen LogP contribution in [0.1, 0.15) is 6.92 Å². The van der Waals surface area contributed by atoms with Gasteiger partial charge in [0.1, 0.15) is 6.54 Å². The average molecular weight is 231 g/mol. The number of nitrogens with zero attached hydrogens (tertiary/aromatic N) is 1. The Morgan fingerprint density at radius 2 is 1.93 bits per heavy atom. The van der Waals surface area contributed by atoms with E-state index in [4.69, 9.17) is 5.26 Å². The molecule has 0 aliphatic carbocycles. The Balaban J connectivity index is 3.70. The molecule has 0 aromatic rings. The normalized spacial score (nSPS) is 11.2. The predicted octanol–water partition coefficient (Wildman–Crippen LogP) is -1.49. The van der Waals surface area contributed by atoms with Gasteiger partial charge in [-0.1, -0.05) is 6.92 Å². The van der Waals surface area contributed by atoms with E-state index in [9.17, 15) is 13.8 Å². The largest absolute Gasteiger partial charge is 0.347 e. The van der Waals surface area contributed by atoms with Crippen LogP contribution < -0.4 is 10.6 Å². The fourth-order valence-electron chi connectivity index (χ4n) is 0.703. The van der Waals surface area contributed by atoms with Crippen molar-refractivity contribution in [3.63, 3.8) is 0 Å². The van der Waals surface area contributed by atoms with Gasteiger partial charge < -0.3 is 10.6 Å². The molecule has 0 aromatic heterocycles. The van der Waals surface area contributed by atoms with Crippen LogP contribution in [0, 0.1) is 11.3 Å². The Morgan fingerprint density at radius 1 is 1.33 bits per heavy atom. The molecular weight excluding hydrogens is 218 g/mol. The minimum absolute atomic E-state index is 0.194. The van der Waals surface area contributed by atoms with E-state index in [2.05, 4.69) is 10.6 Å². The van der Waals surface area contributed by atoms with Gasteiger partial charge in [0, 0.05) is 28.9 Å². The lowest BCUT2D eigenvalue weighted by atomic mass is 10.5. The monoisotopic (exact) mass is 231 g/mol. The first-order valence-electron chi connectivity index (χ1n) is 4.39. The highest BCUT2D eigenvalue weighted by atomic mass is 32.2. The molecule has 0 aliphatic heterocycles. The minimum Gasteiger partial charge on any atom is -0.347 e. The highest BCUT2D eigenvalue weighted by Crippen LogP contribution is 1.79. The number of carbonyl (C=O) groups is 2. The summed E-state index contributed by atoms with van der Waals surface area (Å²) in [5, 5.41) is 12.5. The van der Waals surface area contributed by atoms with Crippen LogP contribution in [0.25, 0.3) is 0 Å². The van der Waals surface area contributed by atoms with Crippen LogP contribution >= 0.6 is 0 Å². The van der Waals surface area contributed by atoms with E-state index in [1.54, 1.807) is 13.0 Å². The molecule has 0 aliphatic rings. The molecule has 1 atom stereocenters. The van der Waals surface area contributed by atoms with Gasteiger partial charge in [0.25, 0.3) is 0 Å². The molecule has 0 saturated heterocycles. The molecule has 2 N–H and O–H groups in total. The summed E-state index contributed by atoms with van der Waals surface area (Å²) < 4.78 is 11.0. The van der Waals surface area contributed by atoms with E-state index in [0.717, 1.165) is 0 Å².